The Labute approximate surface area is 159 Å². The fourth-order valence-corrected chi connectivity index (χ4v) is 3.15. The Bertz CT molecular complexity index is 876. The molecule has 1 aliphatic rings. The van der Waals surface area contributed by atoms with Gasteiger partial charge >= 0.3 is 0 Å². The number of hydrogen-bond donors (Lipinski definition) is 6. The second-order valence-electron chi connectivity index (χ2n) is 5.94. The molecule has 8 N–H and O–H groups in total. The number of rotatable bonds is 8. The fraction of sp³-hybridized carbons (Fsp3) is 0.615. The lowest BCUT2D eigenvalue weighted by molar-refractivity contribution is -0.279. The molecule has 0 spiro atoms. The molecule has 0 radical (unpaired) electrons. The minimum atomic E-state index is -2.27. The van der Waals surface area contributed by atoms with Crippen molar-refractivity contribution in [1.29, 1.82) is 0 Å². The number of imidazole rings is 1. The highest BCUT2D eigenvalue weighted by atomic mass is 31.2. The number of hydrogen-bond acceptors (Lipinski definition) is 12. The monoisotopic (exact) mass is 420 g/mol. The molecule has 0 bridgehead atoms. The maximum Gasteiger partial charge on any atom is 0.280 e. The van der Waals surface area contributed by atoms with Crippen molar-refractivity contribution in [3.05, 3.63) is 16.7 Å². The topological polar surface area (TPSA) is 213 Å². The van der Waals surface area contributed by atoms with Crippen LogP contribution in [0.5, 0.6) is 0 Å². The first-order chi connectivity index (χ1) is 13.3. The molecule has 1 saturated heterocycles. The average Bonchev–Trinajstić information content (AvgIpc) is 3.14. The molecule has 0 aliphatic carbocycles. The second kappa shape index (κ2) is 8.32. The Morgan fingerprint density at radius 3 is 2.93 bits per heavy atom. The molecular formula is C13H21N6O8P. The van der Waals surface area contributed by atoms with E-state index in [1.165, 1.54) is 18.0 Å². The van der Waals surface area contributed by atoms with E-state index in [1.807, 2.05) is 0 Å². The van der Waals surface area contributed by atoms with Crippen LogP contribution in [0.4, 0.5) is 5.95 Å². The number of ether oxygens (including phenoxy) is 3. The molecule has 1 aliphatic heterocycles. The molecule has 2 aromatic heterocycles. The molecule has 3 rings (SSSR count). The number of nitrogens with two attached hydrogens (primary N) is 2. The molecule has 5 atom stereocenters. The van der Waals surface area contributed by atoms with Gasteiger partial charge in [0.15, 0.2) is 17.4 Å². The number of aromatic amines is 1. The third kappa shape index (κ3) is 3.87. The second-order valence-corrected chi connectivity index (χ2v) is 6.80. The van der Waals surface area contributed by atoms with Crippen molar-refractivity contribution >= 4 is 25.6 Å². The third-order valence-electron chi connectivity index (χ3n) is 4.13. The molecule has 0 aromatic carbocycles. The Morgan fingerprint density at radius 2 is 2.25 bits per heavy atom. The van der Waals surface area contributed by atoms with Gasteiger partial charge in [0.2, 0.25) is 20.3 Å². The zero-order chi connectivity index (χ0) is 20.5. The van der Waals surface area contributed by atoms with Crippen LogP contribution in [0.15, 0.2) is 11.1 Å². The third-order valence-corrected chi connectivity index (χ3v) is 4.54. The number of aliphatic hydroxyl groups is 2. The summed E-state index contributed by atoms with van der Waals surface area (Å²) in [5.41, 5.74) is 10.2. The highest BCUT2D eigenvalue weighted by molar-refractivity contribution is 7.43. The number of H-pyrrole nitrogens is 1. The van der Waals surface area contributed by atoms with Crippen molar-refractivity contribution in [3.8, 4) is 0 Å². The van der Waals surface area contributed by atoms with E-state index in [4.69, 9.17) is 34.9 Å². The quantitative estimate of drug-likeness (QED) is 0.149. The molecule has 14 nitrogen and oxygen atoms in total. The van der Waals surface area contributed by atoms with Crippen LogP contribution in [0.1, 0.15) is 6.23 Å². The minimum Gasteiger partial charge on any atom is -0.384 e. The van der Waals surface area contributed by atoms with Crippen molar-refractivity contribution in [2.75, 3.05) is 32.7 Å². The largest absolute Gasteiger partial charge is 0.384 e. The number of fused-ring (bicyclic) bond motifs is 1. The van der Waals surface area contributed by atoms with E-state index < -0.39 is 38.3 Å². The molecule has 15 heteroatoms. The Hall–Kier alpha value is -1.74. The van der Waals surface area contributed by atoms with Crippen LogP contribution < -0.4 is 16.8 Å². The van der Waals surface area contributed by atoms with E-state index in [-0.39, 0.29) is 36.9 Å². The van der Waals surface area contributed by atoms with Crippen molar-refractivity contribution in [2.24, 2.45) is 5.50 Å². The van der Waals surface area contributed by atoms with Crippen molar-refractivity contribution < 1.29 is 33.8 Å². The van der Waals surface area contributed by atoms with E-state index in [0.29, 0.717) is 0 Å². The van der Waals surface area contributed by atoms with Gasteiger partial charge in [0.05, 0.1) is 26.1 Å². The summed E-state index contributed by atoms with van der Waals surface area (Å²) >= 11 is 0. The molecule has 28 heavy (non-hydrogen) atoms. The van der Waals surface area contributed by atoms with Gasteiger partial charge in [0, 0.05) is 7.11 Å². The Kier molecular flexibility index (Phi) is 6.24. The zero-order valence-electron chi connectivity index (χ0n) is 14.8. The normalized spacial score (nSPS) is 28.8. The standard InChI is InChI=1S/C13H21N6O8P/c1-24-2-3-25-13(22)8(20)6(4-26-28(15)23)27-11(13)19-5-16-7-9(19)17-12(14)18-10(7)21/h5-6,8,11,20,22-23H,2-4,15H2,1H3,(H3,14,17,18,21)/t6-,8-,11-,13+,28?/m1/s1. The minimum absolute atomic E-state index is 0.0111. The summed E-state index contributed by atoms with van der Waals surface area (Å²) < 4.78 is 22.1. The van der Waals surface area contributed by atoms with Gasteiger partial charge in [-0.05, 0) is 0 Å². The Balaban J connectivity index is 1.99. The van der Waals surface area contributed by atoms with Gasteiger partial charge in [-0.15, -0.1) is 0 Å². The molecule has 1 unspecified atom stereocenters. The van der Waals surface area contributed by atoms with Gasteiger partial charge in [-0.25, -0.2) is 4.98 Å². The smallest absolute Gasteiger partial charge is 0.280 e. The molecular weight excluding hydrogens is 399 g/mol. The predicted molar refractivity (Wildman–Crippen MR) is 94.5 cm³/mol. The van der Waals surface area contributed by atoms with Crippen LogP contribution in [-0.4, -0.2) is 79.6 Å². The average molecular weight is 420 g/mol. The zero-order valence-corrected chi connectivity index (χ0v) is 15.7. The van der Waals surface area contributed by atoms with E-state index >= 15 is 0 Å². The van der Waals surface area contributed by atoms with Gasteiger partial charge in [-0.2, -0.15) is 4.98 Å². The summed E-state index contributed by atoms with van der Waals surface area (Å²) in [4.78, 5) is 31.4. The van der Waals surface area contributed by atoms with Crippen LogP contribution >= 0.6 is 8.53 Å². The summed E-state index contributed by atoms with van der Waals surface area (Å²) in [6.07, 6.45) is -2.88. The van der Waals surface area contributed by atoms with Gasteiger partial charge in [0.1, 0.15) is 12.2 Å². The molecule has 2 aromatic rings. The molecule has 1 fully saturated rings. The van der Waals surface area contributed by atoms with Crippen molar-refractivity contribution in [1.82, 2.24) is 19.5 Å². The van der Waals surface area contributed by atoms with E-state index in [1.54, 1.807) is 0 Å². The highest BCUT2D eigenvalue weighted by Crippen LogP contribution is 2.41. The first-order valence-corrected chi connectivity index (χ1v) is 9.33. The van der Waals surface area contributed by atoms with Crippen LogP contribution in [-0.2, 0) is 18.7 Å². The van der Waals surface area contributed by atoms with Crippen molar-refractivity contribution in [3.63, 3.8) is 0 Å². The van der Waals surface area contributed by atoms with Crippen LogP contribution in [0.3, 0.4) is 0 Å². The number of methoxy groups -OCH3 is 1. The molecule has 3 heterocycles. The van der Waals surface area contributed by atoms with Crippen LogP contribution in [0, 0.1) is 0 Å². The number of nitrogen functional groups attached to an aromatic ring is 1. The maximum atomic E-state index is 12.0. The maximum absolute atomic E-state index is 12.0. The highest BCUT2D eigenvalue weighted by Gasteiger charge is 2.58. The van der Waals surface area contributed by atoms with Crippen LogP contribution in [0.2, 0.25) is 0 Å². The summed E-state index contributed by atoms with van der Waals surface area (Å²) in [7, 11) is -0.763. The summed E-state index contributed by atoms with van der Waals surface area (Å²) in [5.74, 6) is -2.44. The SMILES string of the molecule is COCCO[C@@]1(O)[C@H](O)[C@@H](COP(N)O)O[C@H]1n1cnc2c(=O)[nH]c(N)nc21. The molecule has 156 valence electrons. The van der Waals surface area contributed by atoms with E-state index in [2.05, 4.69) is 15.0 Å². The number of nitrogens with one attached hydrogen (secondary N) is 1. The Morgan fingerprint density at radius 1 is 1.50 bits per heavy atom. The lowest BCUT2D eigenvalue weighted by Gasteiger charge is -2.31. The number of anilines is 1. The predicted octanol–water partition coefficient (Wildman–Crippen LogP) is -2.49. The van der Waals surface area contributed by atoms with Gasteiger partial charge < -0.3 is 39.6 Å². The number of aliphatic hydroxyl groups excluding tert-OH is 1. The fourth-order valence-electron chi connectivity index (χ4n) is 2.85. The molecule has 0 saturated carbocycles. The first-order valence-electron chi connectivity index (χ1n) is 8.05. The van der Waals surface area contributed by atoms with Gasteiger partial charge in [-0.3, -0.25) is 19.8 Å². The molecule has 0 amide bonds. The summed E-state index contributed by atoms with van der Waals surface area (Å²) in [6, 6.07) is 0. The first kappa shape index (κ1) is 21.0. The van der Waals surface area contributed by atoms with Gasteiger partial charge in [0.25, 0.3) is 5.56 Å². The summed E-state index contributed by atoms with van der Waals surface area (Å²) in [6.45, 7) is -0.276. The lowest BCUT2D eigenvalue weighted by atomic mass is 10.1. The lowest BCUT2D eigenvalue weighted by Crippen LogP contribution is -2.50. The van der Waals surface area contributed by atoms with Crippen LogP contribution in [0.25, 0.3) is 11.2 Å². The summed E-state index contributed by atoms with van der Waals surface area (Å²) in [5, 5.41) is 21.6. The number of nitrogens with zero attached hydrogens (tertiary/aromatic N) is 3. The van der Waals surface area contributed by atoms with E-state index in [0.717, 1.165) is 0 Å². The van der Waals surface area contributed by atoms with Crippen molar-refractivity contribution in [2.45, 2.75) is 24.2 Å². The number of aromatic nitrogens is 4. The van der Waals surface area contributed by atoms with Gasteiger partial charge in [-0.1, -0.05) is 0 Å². The van der Waals surface area contributed by atoms with E-state index in [9.17, 15) is 15.0 Å².